The highest BCUT2D eigenvalue weighted by molar-refractivity contribution is 5.37. The van der Waals surface area contributed by atoms with Gasteiger partial charge in [-0.2, -0.15) is 10.3 Å². The monoisotopic (exact) mass is 191 g/mol. The second-order valence-electron chi connectivity index (χ2n) is 4.31. The van der Waals surface area contributed by atoms with Gasteiger partial charge in [0.25, 0.3) is 0 Å². The molecule has 74 valence electrons. The lowest BCUT2D eigenvalue weighted by Gasteiger charge is -2.38. The van der Waals surface area contributed by atoms with E-state index in [2.05, 4.69) is 23.0 Å². The normalized spacial score (nSPS) is 41.4. The van der Waals surface area contributed by atoms with Gasteiger partial charge in [0.2, 0.25) is 6.08 Å². The summed E-state index contributed by atoms with van der Waals surface area (Å²) in [6.07, 6.45) is 5.17. The number of aliphatic imine (C=N–C) groups is 1. The fourth-order valence-electron chi connectivity index (χ4n) is 2.74. The van der Waals surface area contributed by atoms with Gasteiger partial charge in [-0.05, 0) is 19.9 Å². The standard InChI is InChI=1S/C10H13N3O/c1-13-8-2-3-9(13)5-10(4-8,6-11)12-7-14/h8-9H,2-5H2,1H3. The van der Waals surface area contributed by atoms with Gasteiger partial charge in [-0.15, -0.1) is 0 Å². The van der Waals surface area contributed by atoms with Crippen molar-refractivity contribution in [2.75, 3.05) is 7.05 Å². The smallest absolute Gasteiger partial charge is 0.236 e. The quantitative estimate of drug-likeness (QED) is 0.456. The highest BCUT2D eigenvalue weighted by Gasteiger charge is 2.47. The van der Waals surface area contributed by atoms with Crippen LogP contribution in [0.4, 0.5) is 0 Å². The Hall–Kier alpha value is -1.17. The molecule has 2 aliphatic heterocycles. The third-order valence-corrected chi connectivity index (χ3v) is 3.60. The Morgan fingerprint density at radius 2 is 2.00 bits per heavy atom. The molecule has 2 bridgehead atoms. The minimum atomic E-state index is -0.778. The Bertz CT molecular complexity index is 313. The van der Waals surface area contributed by atoms with E-state index < -0.39 is 5.54 Å². The molecule has 0 amide bonds. The number of rotatable bonds is 1. The van der Waals surface area contributed by atoms with E-state index in [4.69, 9.17) is 5.26 Å². The largest absolute Gasteiger partial charge is 0.300 e. The van der Waals surface area contributed by atoms with E-state index in [1.807, 2.05) is 0 Å². The predicted octanol–water partition coefficient (Wildman–Crippen LogP) is 0.841. The van der Waals surface area contributed by atoms with Gasteiger partial charge in [-0.1, -0.05) is 0 Å². The molecule has 4 nitrogen and oxygen atoms in total. The fourth-order valence-corrected chi connectivity index (χ4v) is 2.74. The van der Waals surface area contributed by atoms with Crippen molar-refractivity contribution in [3.63, 3.8) is 0 Å². The zero-order valence-electron chi connectivity index (χ0n) is 8.23. The zero-order valence-corrected chi connectivity index (χ0v) is 8.23. The summed E-state index contributed by atoms with van der Waals surface area (Å²) in [5, 5.41) is 9.08. The van der Waals surface area contributed by atoms with Crippen LogP contribution in [-0.4, -0.2) is 35.7 Å². The Morgan fingerprint density at radius 1 is 1.43 bits per heavy atom. The van der Waals surface area contributed by atoms with Crippen molar-refractivity contribution >= 4 is 6.08 Å². The second kappa shape index (κ2) is 3.20. The second-order valence-corrected chi connectivity index (χ2v) is 4.31. The third kappa shape index (κ3) is 1.26. The summed E-state index contributed by atoms with van der Waals surface area (Å²) in [5.74, 6) is 0. The molecule has 0 aromatic heterocycles. The molecule has 2 aliphatic rings. The molecule has 2 heterocycles. The molecule has 4 heteroatoms. The number of hydrogen-bond donors (Lipinski definition) is 0. The van der Waals surface area contributed by atoms with E-state index in [1.54, 1.807) is 6.08 Å². The Kier molecular flexibility index (Phi) is 2.14. The first kappa shape index (κ1) is 9.39. The Labute approximate surface area is 83.2 Å². The van der Waals surface area contributed by atoms with Crippen LogP contribution in [0, 0.1) is 11.3 Å². The molecule has 2 unspecified atom stereocenters. The summed E-state index contributed by atoms with van der Waals surface area (Å²) in [4.78, 5) is 16.3. The first-order valence-electron chi connectivity index (χ1n) is 4.93. The van der Waals surface area contributed by atoms with Gasteiger partial charge in [0.05, 0.1) is 6.07 Å². The molecular weight excluding hydrogens is 178 g/mol. The first-order valence-corrected chi connectivity index (χ1v) is 4.93. The van der Waals surface area contributed by atoms with Gasteiger partial charge in [0, 0.05) is 24.9 Å². The number of fused-ring (bicyclic) bond motifs is 2. The molecule has 0 radical (unpaired) electrons. The van der Waals surface area contributed by atoms with Gasteiger partial charge >= 0.3 is 0 Å². The molecule has 2 fully saturated rings. The fraction of sp³-hybridized carbons (Fsp3) is 0.800. The van der Waals surface area contributed by atoms with Crippen LogP contribution >= 0.6 is 0 Å². The molecule has 0 aromatic rings. The molecule has 0 aromatic carbocycles. The van der Waals surface area contributed by atoms with Gasteiger partial charge < -0.3 is 4.90 Å². The third-order valence-electron chi connectivity index (χ3n) is 3.60. The van der Waals surface area contributed by atoms with Crippen molar-refractivity contribution in [2.45, 2.75) is 43.3 Å². The zero-order chi connectivity index (χ0) is 10.2. The lowest BCUT2D eigenvalue weighted by Crippen LogP contribution is -2.47. The topological polar surface area (TPSA) is 56.5 Å². The van der Waals surface area contributed by atoms with Crippen LogP contribution in [0.3, 0.4) is 0 Å². The number of hydrogen-bond acceptors (Lipinski definition) is 4. The highest BCUT2D eigenvalue weighted by Crippen LogP contribution is 2.41. The molecular formula is C10H13N3O. The average Bonchev–Trinajstić information content (AvgIpc) is 2.42. The van der Waals surface area contributed by atoms with E-state index in [-0.39, 0.29) is 0 Å². The van der Waals surface area contributed by atoms with Gasteiger partial charge in [-0.3, -0.25) is 0 Å². The maximum absolute atomic E-state index is 10.3. The van der Waals surface area contributed by atoms with Crippen LogP contribution < -0.4 is 0 Å². The maximum Gasteiger partial charge on any atom is 0.236 e. The molecule has 2 rings (SSSR count). The lowest BCUT2D eigenvalue weighted by atomic mass is 9.85. The predicted molar refractivity (Wildman–Crippen MR) is 50.3 cm³/mol. The highest BCUT2D eigenvalue weighted by atomic mass is 16.1. The van der Waals surface area contributed by atoms with E-state index in [9.17, 15) is 4.79 Å². The van der Waals surface area contributed by atoms with E-state index in [0.29, 0.717) is 24.9 Å². The average molecular weight is 191 g/mol. The summed E-state index contributed by atoms with van der Waals surface area (Å²) in [6.45, 7) is 0. The van der Waals surface area contributed by atoms with E-state index in [0.717, 1.165) is 12.8 Å². The molecule has 0 spiro atoms. The van der Waals surface area contributed by atoms with Crippen molar-refractivity contribution < 1.29 is 4.79 Å². The van der Waals surface area contributed by atoms with Crippen molar-refractivity contribution in [3.8, 4) is 6.07 Å². The molecule has 2 atom stereocenters. The van der Waals surface area contributed by atoms with Crippen molar-refractivity contribution in [1.82, 2.24) is 4.90 Å². The molecule has 14 heavy (non-hydrogen) atoms. The Morgan fingerprint density at radius 3 is 2.43 bits per heavy atom. The molecule has 0 aliphatic carbocycles. The van der Waals surface area contributed by atoms with Crippen LogP contribution in [0.25, 0.3) is 0 Å². The van der Waals surface area contributed by atoms with Crippen molar-refractivity contribution in [2.24, 2.45) is 4.99 Å². The summed E-state index contributed by atoms with van der Waals surface area (Å²) >= 11 is 0. The van der Waals surface area contributed by atoms with Crippen LogP contribution in [0.1, 0.15) is 25.7 Å². The van der Waals surface area contributed by atoms with Crippen molar-refractivity contribution in [1.29, 1.82) is 5.26 Å². The van der Waals surface area contributed by atoms with Crippen LogP contribution in [-0.2, 0) is 4.79 Å². The minimum Gasteiger partial charge on any atom is -0.300 e. The summed E-state index contributed by atoms with van der Waals surface area (Å²) in [5.41, 5.74) is -0.778. The number of carbonyl (C=O) groups excluding carboxylic acids is 1. The minimum absolute atomic E-state index is 0.422. The number of nitriles is 1. The van der Waals surface area contributed by atoms with E-state index >= 15 is 0 Å². The van der Waals surface area contributed by atoms with Crippen molar-refractivity contribution in [3.05, 3.63) is 0 Å². The van der Waals surface area contributed by atoms with E-state index in [1.165, 1.54) is 0 Å². The number of piperidine rings is 1. The van der Waals surface area contributed by atoms with Gasteiger partial charge in [-0.25, -0.2) is 4.79 Å². The number of nitrogens with zero attached hydrogens (tertiary/aromatic N) is 3. The summed E-state index contributed by atoms with van der Waals surface area (Å²) < 4.78 is 0. The summed E-state index contributed by atoms with van der Waals surface area (Å²) in [7, 11) is 2.09. The van der Waals surface area contributed by atoms with Gasteiger partial charge in [0.1, 0.15) is 0 Å². The first-order chi connectivity index (χ1) is 6.71. The summed E-state index contributed by atoms with van der Waals surface area (Å²) in [6, 6.07) is 3.03. The number of isocyanates is 1. The molecule has 0 N–H and O–H groups in total. The SMILES string of the molecule is CN1C2CCC1CC(C#N)(N=C=O)C2. The van der Waals surface area contributed by atoms with Crippen LogP contribution in [0.15, 0.2) is 4.99 Å². The van der Waals surface area contributed by atoms with Gasteiger partial charge in [0.15, 0.2) is 5.54 Å². The molecule has 2 saturated heterocycles. The lowest BCUT2D eigenvalue weighted by molar-refractivity contribution is 0.139. The van der Waals surface area contributed by atoms with Crippen LogP contribution in [0.2, 0.25) is 0 Å². The Balaban J connectivity index is 2.26. The molecule has 0 saturated carbocycles. The van der Waals surface area contributed by atoms with Crippen LogP contribution in [0.5, 0.6) is 0 Å². The maximum atomic E-state index is 10.3.